The molecule has 2 aromatic carbocycles. The number of rotatable bonds is 5. The fraction of sp³-hybridized carbons (Fsp3) is 0.211. The van der Waals surface area contributed by atoms with E-state index in [1.807, 2.05) is 0 Å². The topological polar surface area (TPSA) is 92.9 Å². The summed E-state index contributed by atoms with van der Waals surface area (Å²) in [5.41, 5.74) is 0.955. The molecule has 9 heteroatoms. The second kappa shape index (κ2) is 7.40. The van der Waals surface area contributed by atoms with E-state index in [0.29, 0.717) is 23.1 Å². The van der Waals surface area contributed by atoms with Crippen LogP contribution in [0.5, 0.6) is 17.2 Å². The van der Waals surface area contributed by atoms with Crippen LogP contribution in [0.4, 0.5) is 0 Å². The Bertz CT molecular complexity index is 1020. The van der Waals surface area contributed by atoms with Crippen LogP contribution in [0.2, 0.25) is 5.02 Å². The van der Waals surface area contributed by atoms with Gasteiger partial charge >= 0.3 is 5.97 Å². The van der Waals surface area contributed by atoms with Gasteiger partial charge in [-0.05, 0) is 43.3 Å². The third kappa shape index (κ3) is 3.46. The SMILES string of the molecule is COc1ccc(-c2nnc([C@@H](C)OC(=O)c3cc(Cl)c4c(c3)OCO4)o2)cc1. The standard InChI is InChI=1S/C19H15ClN2O6/c1-10(17-21-22-18(28-17)11-3-5-13(24-2)6-4-11)27-19(23)12-7-14(20)16-15(8-12)25-9-26-16/h3-8,10H,9H2,1-2H3/t10-/m1/s1. The second-order valence-corrected chi connectivity index (χ2v) is 6.32. The molecule has 144 valence electrons. The van der Waals surface area contributed by atoms with Gasteiger partial charge < -0.3 is 23.4 Å². The summed E-state index contributed by atoms with van der Waals surface area (Å²) in [6, 6.07) is 10.1. The molecule has 0 saturated carbocycles. The Morgan fingerprint density at radius 1 is 1.18 bits per heavy atom. The third-order valence-corrected chi connectivity index (χ3v) is 4.35. The van der Waals surface area contributed by atoms with Gasteiger partial charge in [-0.15, -0.1) is 10.2 Å². The number of hydrogen-bond acceptors (Lipinski definition) is 8. The minimum Gasteiger partial charge on any atom is -0.497 e. The lowest BCUT2D eigenvalue weighted by Gasteiger charge is -2.10. The van der Waals surface area contributed by atoms with Crippen LogP contribution < -0.4 is 14.2 Å². The second-order valence-electron chi connectivity index (χ2n) is 5.91. The molecule has 0 fully saturated rings. The average molecular weight is 403 g/mol. The molecule has 0 N–H and O–H groups in total. The van der Waals surface area contributed by atoms with Crippen LogP contribution in [0.25, 0.3) is 11.5 Å². The van der Waals surface area contributed by atoms with Gasteiger partial charge in [0.15, 0.2) is 17.6 Å². The largest absolute Gasteiger partial charge is 0.497 e. The minimum atomic E-state index is -0.754. The van der Waals surface area contributed by atoms with Gasteiger partial charge in [-0.3, -0.25) is 0 Å². The van der Waals surface area contributed by atoms with Crippen LogP contribution in [0.3, 0.4) is 0 Å². The van der Waals surface area contributed by atoms with Crippen LogP contribution in [0.15, 0.2) is 40.8 Å². The van der Waals surface area contributed by atoms with E-state index in [-0.39, 0.29) is 23.3 Å². The van der Waals surface area contributed by atoms with Gasteiger partial charge in [0.1, 0.15) is 5.75 Å². The maximum atomic E-state index is 12.4. The van der Waals surface area contributed by atoms with Gasteiger partial charge in [0.05, 0.1) is 17.7 Å². The van der Waals surface area contributed by atoms with Crippen molar-refractivity contribution in [3.63, 3.8) is 0 Å². The third-order valence-electron chi connectivity index (χ3n) is 4.07. The first kappa shape index (κ1) is 18.1. The summed E-state index contributed by atoms with van der Waals surface area (Å²) in [5, 5.41) is 8.23. The molecule has 1 aliphatic heterocycles. The van der Waals surface area contributed by atoms with Crippen molar-refractivity contribution in [2.24, 2.45) is 0 Å². The Kier molecular flexibility index (Phi) is 4.79. The first-order valence-electron chi connectivity index (χ1n) is 8.33. The molecule has 3 aromatic rings. The smallest absolute Gasteiger partial charge is 0.339 e. The number of benzene rings is 2. The van der Waals surface area contributed by atoms with Crippen molar-refractivity contribution < 1.29 is 28.2 Å². The number of hydrogen-bond donors (Lipinski definition) is 0. The van der Waals surface area contributed by atoms with Gasteiger partial charge in [0.25, 0.3) is 5.89 Å². The molecule has 28 heavy (non-hydrogen) atoms. The molecule has 0 spiro atoms. The Labute approximate surface area is 164 Å². The number of carbonyl (C=O) groups excluding carboxylic acids is 1. The molecule has 0 amide bonds. The van der Waals surface area contributed by atoms with Gasteiger partial charge in [-0.2, -0.15) is 0 Å². The molecule has 1 aliphatic rings. The zero-order chi connectivity index (χ0) is 19.7. The first-order chi connectivity index (χ1) is 13.5. The van der Waals surface area contributed by atoms with Gasteiger partial charge in [-0.1, -0.05) is 11.6 Å². The fourth-order valence-corrected chi connectivity index (χ4v) is 2.88. The summed E-state index contributed by atoms with van der Waals surface area (Å²) in [5.74, 6) is 1.40. The molecule has 0 radical (unpaired) electrons. The van der Waals surface area contributed by atoms with E-state index in [4.69, 9.17) is 35.0 Å². The number of halogens is 1. The molecule has 2 heterocycles. The summed E-state index contributed by atoms with van der Waals surface area (Å²) in [6.45, 7) is 1.69. The molecular formula is C19H15ClN2O6. The Morgan fingerprint density at radius 2 is 1.96 bits per heavy atom. The van der Waals surface area contributed by atoms with E-state index < -0.39 is 12.1 Å². The zero-order valence-electron chi connectivity index (χ0n) is 15.0. The van der Waals surface area contributed by atoms with E-state index in [1.54, 1.807) is 38.3 Å². The maximum Gasteiger partial charge on any atom is 0.339 e. The van der Waals surface area contributed by atoms with Crippen molar-refractivity contribution in [3.05, 3.63) is 52.9 Å². The van der Waals surface area contributed by atoms with Crippen molar-refractivity contribution in [1.29, 1.82) is 0 Å². The predicted octanol–water partition coefficient (Wildman–Crippen LogP) is 4.05. The quantitative estimate of drug-likeness (QED) is 0.590. The molecule has 1 aromatic heterocycles. The number of fused-ring (bicyclic) bond motifs is 1. The highest BCUT2D eigenvalue weighted by Gasteiger charge is 2.24. The van der Waals surface area contributed by atoms with Crippen LogP contribution in [-0.2, 0) is 4.74 Å². The van der Waals surface area contributed by atoms with Crippen LogP contribution in [-0.4, -0.2) is 30.1 Å². The van der Waals surface area contributed by atoms with E-state index in [1.165, 1.54) is 12.1 Å². The normalized spacial score (nSPS) is 13.2. The van der Waals surface area contributed by atoms with Crippen molar-refractivity contribution in [2.45, 2.75) is 13.0 Å². The Balaban J connectivity index is 1.48. The highest BCUT2D eigenvalue weighted by Crippen LogP contribution is 2.40. The molecule has 4 rings (SSSR count). The first-order valence-corrected chi connectivity index (χ1v) is 8.71. The van der Waals surface area contributed by atoms with Crippen molar-refractivity contribution in [3.8, 4) is 28.7 Å². The molecule has 0 unspecified atom stereocenters. The highest BCUT2D eigenvalue weighted by atomic mass is 35.5. The number of carbonyl (C=O) groups is 1. The lowest BCUT2D eigenvalue weighted by atomic mass is 10.2. The molecule has 1 atom stereocenters. The van der Waals surface area contributed by atoms with Crippen molar-refractivity contribution in [1.82, 2.24) is 10.2 Å². The predicted molar refractivity (Wildman–Crippen MR) is 97.7 cm³/mol. The van der Waals surface area contributed by atoms with Gasteiger partial charge in [-0.25, -0.2) is 4.79 Å². The van der Waals surface area contributed by atoms with E-state index in [0.717, 1.165) is 5.56 Å². The van der Waals surface area contributed by atoms with Crippen LogP contribution in [0.1, 0.15) is 29.3 Å². The van der Waals surface area contributed by atoms with E-state index in [9.17, 15) is 4.79 Å². The molecule has 8 nitrogen and oxygen atoms in total. The number of nitrogens with zero attached hydrogens (tertiary/aromatic N) is 2. The molecule has 0 bridgehead atoms. The molecular weight excluding hydrogens is 388 g/mol. The lowest BCUT2D eigenvalue weighted by Crippen LogP contribution is -2.09. The number of methoxy groups -OCH3 is 1. The maximum absolute atomic E-state index is 12.4. The van der Waals surface area contributed by atoms with Crippen molar-refractivity contribution >= 4 is 17.6 Å². The van der Waals surface area contributed by atoms with Crippen molar-refractivity contribution in [2.75, 3.05) is 13.9 Å². The van der Waals surface area contributed by atoms with Crippen LogP contribution in [0, 0.1) is 0 Å². The molecule has 0 aliphatic carbocycles. The average Bonchev–Trinajstić information content (AvgIpc) is 3.38. The van der Waals surface area contributed by atoms with Gasteiger partial charge in [0.2, 0.25) is 12.7 Å². The number of esters is 1. The fourth-order valence-electron chi connectivity index (χ4n) is 2.61. The van der Waals surface area contributed by atoms with E-state index >= 15 is 0 Å². The highest BCUT2D eigenvalue weighted by molar-refractivity contribution is 6.32. The number of ether oxygens (including phenoxy) is 4. The van der Waals surface area contributed by atoms with Crippen LogP contribution >= 0.6 is 11.6 Å². The summed E-state index contributed by atoms with van der Waals surface area (Å²) >= 11 is 6.10. The zero-order valence-corrected chi connectivity index (χ0v) is 15.7. The summed E-state index contributed by atoms with van der Waals surface area (Å²) in [4.78, 5) is 12.4. The Hall–Kier alpha value is -3.26. The molecule has 0 saturated heterocycles. The summed E-state index contributed by atoms with van der Waals surface area (Å²) < 4.78 is 26.7. The van der Waals surface area contributed by atoms with Gasteiger partial charge in [0, 0.05) is 5.56 Å². The Morgan fingerprint density at radius 3 is 2.71 bits per heavy atom. The monoisotopic (exact) mass is 402 g/mol. The summed E-state index contributed by atoms with van der Waals surface area (Å²) in [6.07, 6.45) is -0.754. The van der Waals surface area contributed by atoms with E-state index in [2.05, 4.69) is 10.2 Å². The summed E-state index contributed by atoms with van der Waals surface area (Å²) in [7, 11) is 1.59. The number of aromatic nitrogens is 2. The minimum absolute atomic E-state index is 0.0556. The lowest BCUT2D eigenvalue weighted by molar-refractivity contribution is 0.0279.